The smallest absolute Gasteiger partial charge is 0.248 e. The van der Waals surface area contributed by atoms with Crippen molar-refractivity contribution in [2.24, 2.45) is 0 Å². The van der Waals surface area contributed by atoms with E-state index < -0.39 is 0 Å². The standard InChI is InChI=1S/C19H20BrNO2/c1-13(2)23-17-6-4-5-15(12-17)7-10-19(22)21-18-9-8-16(20)11-14(18)3/h4-13H,1-3H3,(H,21,22)/b10-7+. The Bertz CT molecular complexity index is 723. The number of nitrogens with one attached hydrogen (secondary N) is 1. The maximum atomic E-state index is 12.0. The molecule has 0 saturated heterocycles. The Balaban J connectivity index is 2.03. The molecule has 0 radical (unpaired) electrons. The third kappa shape index (κ3) is 5.57. The molecule has 0 saturated carbocycles. The van der Waals surface area contributed by atoms with E-state index in [4.69, 9.17) is 4.74 Å². The summed E-state index contributed by atoms with van der Waals surface area (Å²) < 4.78 is 6.64. The normalized spacial score (nSPS) is 11.0. The van der Waals surface area contributed by atoms with E-state index in [2.05, 4.69) is 21.2 Å². The molecule has 0 aliphatic rings. The van der Waals surface area contributed by atoms with E-state index in [9.17, 15) is 4.79 Å². The van der Waals surface area contributed by atoms with Crippen LogP contribution in [-0.4, -0.2) is 12.0 Å². The molecule has 120 valence electrons. The van der Waals surface area contributed by atoms with Crippen molar-refractivity contribution in [3.63, 3.8) is 0 Å². The van der Waals surface area contributed by atoms with E-state index in [0.29, 0.717) is 0 Å². The first-order chi connectivity index (χ1) is 10.9. The molecule has 0 aliphatic carbocycles. The summed E-state index contributed by atoms with van der Waals surface area (Å²) in [6.45, 7) is 5.92. The largest absolute Gasteiger partial charge is 0.491 e. The van der Waals surface area contributed by atoms with Gasteiger partial charge in [0.15, 0.2) is 0 Å². The van der Waals surface area contributed by atoms with E-state index in [1.54, 1.807) is 6.08 Å². The molecule has 1 N–H and O–H groups in total. The lowest BCUT2D eigenvalue weighted by atomic mass is 10.2. The Morgan fingerprint density at radius 3 is 2.70 bits per heavy atom. The van der Waals surface area contributed by atoms with E-state index in [0.717, 1.165) is 27.0 Å². The molecule has 0 atom stereocenters. The third-order valence-electron chi connectivity index (χ3n) is 3.10. The van der Waals surface area contributed by atoms with Gasteiger partial charge in [-0.2, -0.15) is 0 Å². The zero-order valence-corrected chi connectivity index (χ0v) is 15.1. The summed E-state index contributed by atoms with van der Waals surface area (Å²) >= 11 is 3.41. The number of anilines is 1. The number of carbonyl (C=O) groups excluding carboxylic acids is 1. The van der Waals surface area contributed by atoms with E-state index >= 15 is 0 Å². The molecule has 0 aliphatic heterocycles. The Morgan fingerprint density at radius 1 is 1.22 bits per heavy atom. The number of hydrogen-bond acceptors (Lipinski definition) is 2. The lowest BCUT2D eigenvalue weighted by Gasteiger charge is -2.09. The molecule has 2 aromatic carbocycles. The molecule has 0 spiro atoms. The van der Waals surface area contributed by atoms with Gasteiger partial charge >= 0.3 is 0 Å². The molecule has 3 nitrogen and oxygen atoms in total. The average Bonchev–Trinajstić information content (AvgIpc) is 2.48. The fourth-order valence-corrected chi connectivity index (χ4v) is 2.55. The number of carbonyl (C=O) groups is 1. The summed E-state index contributed by atoms with van der Waals surface area (Å²) in [4.78, 5) is 12.0. The number of aryl methyl sites for hydroxylation is 1. The summed E-state index contributed by atoms with van der Waals surface area (Å²) in [7, 11) is 0. The van der Waals surface area contributed by atoms with Gasteiger partial charge in [-0.15, -0.1) is 0 Å². The molecule has 0 fully saturated rings. The van der Waals surface area contributed by atoms with Crippen molar-refractivity contribution in [2.75, 3.05) is 5.32 Å². The topological polar surface area (TPSA) is 38.3 Å². The summed E-state index contributed by atoms with van der Waals surface area (Å²) in [6, 6.07) is 13.4. The van der Waals surface area contributed by atoms with Crippen LogP contribution in [0.2, 0.25) is 0 Å². The second kappa shape index (κ2) is 7.97. The van der Waals surface area contributed by atoms with Gasteiger partial charge in [0.05, 0.1) is 6.10 Å². The van der Waals surface area contributed by atoms with Gasteiger partial charge in [-0.25, -0.2) is 0 Å². The highest BCUT2D eigenvalue weighted by molar-refractivity contribution is 9.10. The quantitative estimate of drug-likeness (QED) is 0.731. The van der Waals surface area contributed by atoms with Crippen LogP contribution in [-0.2, 0) is 4.79 Å². The van der Waals surface area contributed by atoms with Gasteiger partial charge in [0.1, 0.15) is 5.75 Å². The minimum atomic E-state index is -0.161. The van der Waals surface area contributed by atoms with Crippen LogP contribution in [0.15, 0.2) is 53.0 Å². The molecular formula is C19H20BrNO2. The van der Waals surface area contributed by atoms with Gasteiger partial charge in [0.25, 0.3) is 0 Å². The van der Waals surface area contributed by atoms with Gasteiger partial charge in [-0.1, -0.05) is 28.1 Å². The second-order valence-electron chi connectivity index (χ2n) is 5.52. The average molecular weight is 374 g/mol. The van der Waals surface area contributed by atoms with Crippen LogP contribution in [0.4, 0.5) is 5.69 Å². The van der Waals surface area contributed by atoms with Crippen molar-refractivity contribution in [3.05, 3.63) is 64.1 Å². The molecule has 0 unspecified atom stereocenters. The Hall–Kier alpha value is -2.07. The predicted octanol–water partition coefficient (Wildman–Crippen LogP) is 5.20. The first-order valence-corrected chi connectivity index (χ1v) is 8.25. The Kier molecular flexibility index (Phi) is 5.99. The van der Waals surface area contributed by atoms with Crippen molar-refractivity contribution >= 4 is 33.6 Å². The van der Waals surface area contributed by atoms with E-state index in [1.165, 1.54) is 6.08 Å². The van der Waals surface area contributed by atoms with E-state index in [-0.39, 0.29) is 12.0 Å². The number of ether oxygens (including phenoxy) is 1. The molecule has 2 rings (SSSR count). The number of amides is 1. The molecule has 0 bridgehead atoms. The van der Waals surface area contributed by atoms with Crippen LogP contribution in [0, 0.1) is 6.92 Å². The molecule has 2 aromatic rings. The lowest BCUT2D eigenvalue weighted by Crippen LogP contribution is -2.08. The summed E-state index contributed by atoms with van der Waals surface area (Å²) in [6.07, 6.45) is 3.42. The van der Waals surface area contributed by atoms with Gasteiger partial charge in [-0.3, -0.25) is 4.79 Å². The fourth-order valence-electron chi connectivity index (χ4n) is 2.08. The maximum absolute atomic E-state index is 12.0. The SMILES string of the molecule is Cc1cc(Br)ccc1NC(=O)/C=C/c1cccc(OC(C)C)c1. The molecular weight excluding hydrogens is 354 g/mol. The summed E-state index contributed by atoms with van der Waals surface area (Å²) in [5, 5.41) is 2.88. The maximum Gasteiger partial charge on any atom is 0.248 e. The van der Waals surface area contributed by atoms with Gasteiger partial charge in [0, 0.05) is 16.2 Å². The van der Waals surface area contributed by atoms with Crippen LogP contribution < -0.4 is 10.1 Å². The zero-order valence-electron chi connectivity index (χ0n) is 13.5. The highest BCUT2D eigenvalue weighted by atomic mass is 79.9. The van der Waals surface area contributed by atoms with Gasteiger partial charge in [0.2, 0.25) is 5.91 Å². The first kappa shape index (κ1) is 17.3. The molecule has 0 aromatic heterocycles. The Morgan fingerprint density at radius 2 is 2.00 bits per heavy atom. The monoisotopic (exact) mass is 373 g/mol. The molecule has 1 amide bonds. The Labute approximate surface area is 145 Å². The highest BCUT2D eigenvalue weighted by Gasteiger charge is 2.02. The zero-order chi connectivity index (χ0) is 16.8. The number of halogens is 1. The minimum absolute atomic E-state index is 0.123. The van der Waals surface area contributed by atoms with Crippen molar-refractivity contribution in [1.29, 1.82) is 0 Å². The van der Waals surface area contributed by atoms with Crippen LogP contribution in [0.25, 0.3) is 6.08 Å². The molecule has 4 heteroatoms. The minimum Gasteiger partial charge on any atom is -0.491 e. The molecule has 23 heavy (non-hydrogen) atoms. The van der Waals surface area contributed by atoms with Crippen molar-refractivity contribution in [2.45, 2.75) is 26.9 Å². The first-order valence-electron chi connectivity index (χ1n) is 7.46. The highest BCUT2D eigenvalue weighted by Crippen LogP contribution is 2.20. The summed E-state index contributed by atoms with van der Waals surface area (Å²) in [5.41, 5.74) is 2.74. The predicted molar refractivity (Wildman–Crippen MR) is 98.7 cm³/mol. The molecule has 0 heterocycles. The third-order valence-corrected chi connectivity index (χ3v) is 3.60. The van der Waals surface area contributed by atoms with Crippen molar-refractivity contribution in [1.82, 2.24) is 0 Å². The number of hydrogen-bond donors (Lipinski definition) is 1. The number of benzene rings is 2. The van der Waals surface area contributed by atoms with Crippen molar-refractivity contribution < 1.29 is 9.53 Å². The van der Waals surface area contributed by atoms with Crippen LogP contribution in [0.1, 0.15) is 25.0 Å². The van der Waals surface area contributed by atoms with Crippen LogP contribution >= 0.6 is 15.9 Å². The van der Waals surface area contributed by atoms with Gasteiger partial charge in [-0.05, 0) is 68.3 Å². The number of rotatable bonds is 5. The van der Waals surface area contributed by atoms with Crippen LogP contribution in [0.3, 0.4) is 0 Å². The second-order valence-corrected chi connectivity index (χ2v) is 6.44. The van der Waals surface area contributed by atoms with Gasteiger partial charge < -0.3 is 10.1 Å². The summed E-state index contributed by atoms with van der Waals surface area (Å²) in [5.74, 6) is 0.636. The van der Waals surface area contributed by atoms with E-state index in [1.807, 2.05) is 63.2 Å². The fraction of sp³-hybridized carbons (Fsp3) is 0.211. The van der Waals surface area contributed by atoms with Crippen molar-refractivity contribution in [3.8, 4) is 5.75 Å². The lowest BCUT2D eigenvalue weighted by molar-refractivity contribution is -0.111. The van der Waals surface area contributed by atoms with Crippen LogP contribution in [0.5, 0.6) is 5.75 Å².